The van der Waals surface area contributed by atoms with Crippen molar-refractivity contribution >= 4 is 5.91 Å². The monoisotopic (exact) mass is 513 g/mol. The molecule has 0 saturated carbocycles. The van der Waals surface area contributed by atoms with Crippen LogP contribution in [-0.2, 0) is 30.5 Å². The second kappa shape index (κ2) is 9.80. The van der Waals surface area contributed by atoms with Crippen molar-refractivity contribution in [3.8, 4) is 17.0 Å². The van der Waals surface area contributed by atoms with Crippen molar-refractivity contribution in [3.05, 3.63) is 65.1 Å². The molecule has 36 heavy (non-hydrogen) atoms. The molecule has 1 aliphatic heterocycles. The number of aromatic nitrogens is 3. The van der Waals surface area contributed by atoms with Crippen molar-refractivity contribution in [1.82, 2.24) is 19.4 Å². The number of alkyl halides is 3. The number of methoxy groups -OCH3 is 1. The predicted octanol–water partition coefficient (Wildman–Crippen LogP) is 3.69. The zero-order chi connectivity index (χ0) is 26.2. The van der Waals surface area contributed by atoms with Crippen molar-refractivity contribution in [2.24, 2.45) is 5.73 Å². The van der Waals surface area contributed by atoms with E-state index >= 15 is 0 Å². The molecule has 0 aliphatic carbocycles. The van der Waals surface area contributed by atoms with Crippen LogP contribution in [0.25, 0.3) is 11.3 Å². The van der Waals surface area contributed by atoms with Crippen LogP contribution in [0.1, 0.15) is 23.5 Å². The quantitative estimate of drug-likeness (QED) is 0.402. The molecule has 3 aromatic rings. The van der Waals surface area contributed by atoms with Crippen molar-refractivity contribution < 1.29 is 35.9 Å². The molecular weight excluding hydrogens is 492 g/mol. The zero-order valence-corrected chi connectivity index (χ0v) is 19.0. The van der Waals surface area contributed by atoms with Gasteiger partial charge in [-0.15, -0.1) is 0 Å². The van der Waals surface area contributed by atoms with Crippen LogP contribution in [0.4, 0.5) is 26.3 Å². The molecule has 1 aliphatic rings. The molecule has 2 aromatic heterocycles. The van der Waals surface area contributed by atoms with Crippen LogP contribution in [0, 0.1) is 17.5 Å². The standard InChI is InChI=1S/C23H21F6N5O2/c1-36-19-10-31-3-2-14(19)21-18-11-33(4-5-34(18)22(32-21)23(27,28)29)20(35)8-13(30)6-12-7-16(25)17(26)9-15(12)24/h2-3,7,9-10,13H,4-6,8,11,30H2,1H3. The van der Waals surface area contributed by atoms with E-state index in [4.69, 9.17) is 10.5 Å². The Morgan fingerprint density at radius 2 is 1.89 bits per heavy atom. The fraction of sp³-hybridized carbons (Fsp3) is 0.348. The Labute approximate surface area is 201 Å². The highest BCUT2D eigenvalue weighted by molar-refractivity contribution is 5.78. The number of nitrogens with two attached hydrogens (primary N) is 1. The molecular formula is C23H21F6N5O2. The van der Waals surface area contributed by atoms with Gasteiger partial charge in [0.1, 0.15) is 11.6 Å². The van der Waals surface area contributed by atoms with Crippen molar-refractivity contribution in [2.45, 2.75) is 38.1 Å². The number of carbonyl (C=O) groups is 1. The predicted molar refractivity (Wildman–Crippen MR) is 115 cm³/mol. The van der Waals surface area contributed by atoms with Gasteiger partial charge in [-0.3, -0.25) is 9.78 Å². The lowest BCUT2D eigenvalue weighted by Crippen LogP contribution is -2.42. The second-order valence-corrected chi connectivity index (χ2v) is 8.30. The van der Waals surface area contributed by atoms with Crippen LogP contribution in [0.2, 0.25) is 0 Å². The van der Waals surface area contributed by atoms with Gasteiger partial charge in [0.15, 0.2) is 11.6 Å². The van der Waals surface area contributed by atoms with E-state index in [9.17, 15) is 31.1 Å². The SMILES string of the molecule is COc1cnccc1-c1nc(C(F)(F)F)n2c1CN(C(=O)CC(N)Cc1cc(F)c(F)cc1F)CC2. The van der Waals surface area contributed by atoms with Crippen LogP contribution >= 0.6 is 0 Å². The molecule has 1 atom stereocenters. The van der Waals surface area contributed by atoms with Gasteiger partial charge in [0.25, 0.3) is 0 Å². The van der Waals surface area contributed by atoms with E-state index in [0.717, 1.165) is 4.57 Å². The Bertz CT molecular complexity index is 1290. The number of hydrogen-bond donors (Lipinski definition) is 1. The first-order chi connectivity index (χ1) is 17.0. The van der Waals surface area contributed by atoms with Crippen molar-refractivity contribution in [2.75, 3.05) is 13.7 Å². The Hall–Kier alpha value is -3.61. The average Bonchev–Trinajstić information content (AvgIpc) is 3.21. The van der Waals surface area contributed by atoms with Gasteiger partial charge < -0.3 is 19.9 Å². The first kappa shape index (κ1) is 25.5. The van der Waals surface area contributed by atoms with E-state index in [-0.39, 0.29) is 60.7 Å². The smallest absolute Gasteiger partial charge is 0.449 e. The van der Waals surface area contributed by atoms with E-state index in [2.05, 4.69) is 9.97 Å². The Balaban J connectivity index is 1.57. The third-order valence-corrected chi connectivity index (χ3v) is 5.88. The Morgan fingerprint density at radius 1 is 1.17 bits per heavy atom. The summed E-state index contributed by atoms with van der Waals surface area (Å²) in [7, 11) is 1.35. The van der Waals surface area contributed by atoms with Crippen molar-refractivity contribution in [1.29, 1.82) is 0 Å². The summed E-state index contributed by atoms with van der Waals surface area (Å²) in [4.78, 5) is 22.0. The number of imidazole rings is 1. The second-order valence-electron chi connectivity index (χ2n) is 8.30. The maximum absolute atomic E-state index is 13.9. The highest BCUT2D eigenvalue weighted by atomic mass is 19.4. The van der Waals surface area contributed by atoms with E-state index in [0.29, 0.717) is 12.1 Å². The van der Waals surface area contributed by atoms with Gasteiger partial charge in [-0.05, 0) is 24.1 Å². The molecule has 1 amide bonds. The molecule has 1 aromatic carbocycles. The van der Waals surface area contributed by atoms with Crippen LogP contribution < -0.4 is 10.5 Å². The Kier molecular flexibility index (Phi) is 6.94. The molecule has 0 radical (unpaired) electrons. The number of hydrogen-bond acceptors (Lipinski definition) is 5. The summed E-state index contributed by atoms with van der Waals surface area (Å²) in [5.74, 6) is -4.94. The minimum absolute atomic E-state index is 0.00670. The van der Waals surface area contributed by atoms with Gasteiger partial charge in [-0.25, -0.2) is 18.2 Å². The number of carbonyl (C=O) groups excluding carboxylic acids is 1. The first-order valence-electron chi connectivity index (χ1n) is 10.8. The minimum Gasteiger partial charge on any atom is -0.494 e. The summed E-state index contributed by atoms with van der Waals surface area (Å²) in [6, 6.07) is 1.61. The molecule has 2 N–H and O–H groups in total. The summed E-state index contributed by atoms with van der Waals surface area (Å²) in [5, 5.41) is 0. The molecule has 0 saturated heterocycles. The molecule has 13 heteroatoms. The van der Waals surface area contributed by atoms with Gasteiger partial charge >= 0.3 is 6.18 Å². The minimum atomic E-state index is -4.73. The Morgan fingerprint density at radius 3 is 2.58 bits per heavy atom. The molecule has 0 bridgehead atoms. The number of rotatable bonds is 6. The number of pyridine rings is 1. The summed E-state index contributed by atoms with van der Waals surface area (Å²) in [5.41, 5.74) is 6.23. The van der Waals surface area contributed by atoms with Crippen LogP contribution in [0.15, 0.2) is 30.6 Å². The largest absolute Gasteiger partial charge is 0.494 e. The molecule has 1 unspecified atom stereocenters. The third kappa shape index (κ3) is 5.01. The highest BCUT2D eigenvalue weighted by Crippen LogP contribution is 2.38. The number of halogens is 6. The molecule has 4 rings (SSSR count). The maximum Gasteiger partial charge on any atom is 0.449 e. The topological polar surface area (TPSA) is 86.3 Å². The van der Waals surface area contributed by atoms with E-state index < -0.39 is 41.4 Å². The van der Waals surface area contributed by atoms with E-state index in [1.807, 2.05) is 0 Å². The van der Waals surface area contributed by atoms with Crippen molar-refractivity contribution in [3.63, 3.8) is 0 Å². The zero-order valence-electron chi connectivity index (χ0n) is 19.0. The fourth-order valence-electron chi connectivity index (χ4n) is 4.18. The van der Waals surface area contributed by atoms with Gasteiger partial charge in [0.2, 0.25) is 11.7 Å². The van der Waals surface area contributed by atoms with Gasteiger partial charge in [-0.1, -0.05) is 0 Å². The van der Waals surface area contributed by atoms with Crippen LogP contribution in [0.3, 0.4) is 0 Å². The number of nitrogens with zero attached hydrogens (tertiary/aromatic N) is 4. The molecule has 3 heterocycles. The van der Waals surface area contributed by atoms with Gasteiger partial charge in [-0.2, -0.15) is 13.2 Å². The molecule has 0 spiro atoms. The number of amides is 1. The van der Waals surface area contributed by atoms with Crippen LogP contribution in [-0.4, -0.2) is 45.0 Å². The lowest BCUT2D eigenvalue weighted by molar-refractivity contribution is -0.148. The number of benzene rings is 1. The normalized spacial score (nSPS) is 14.5. The summed E-state index contributed by atoms with van der Waals surface area (Å²) < 4.78 is 87.9. The lowest BCUT2D eigenvalue weighted by atomic mass is 10.0. The van der Waals surface area contributed by atoms with Gasteiger partial charge in [0, 0.05) is 43.4 Å². The van der Waals surface area contributed by atoms with Gasteiger partial charge in [0.05, 0.1) is 31.2 Å². The first-order valence-corrected chi connectivity index (χ1v) is 10.8. The third-order valence-electron chi connectivity index (χ3n) is 5.88. The fourth-order valence-corrected chi connectivity index (χ4v) is 4.18. The van der Waals surface area contributed by atoms with E-state index in [1.54, 1.807) is 0 Å². The van der Waals surface area contributed by atoms with Crippen LogP contribution in [0.5, 0.6) is 5.75 Å². The summed E-state index contributed by atoms with van der Waals surface area (Å²) >= 11 is 0. The number of fused-ring (bicyclic) bond motifs is 1. The summed E-state index contributed by atoms with van der Waals surface area (Å²) in [6.07, 6.45) is -2.52. The maximum atomic E-state index is 13.9. The lowest BCUT2D eigenvalue weighted by Gasteiger charge is -2.30. The number of ether oxygens (including phenoxy) is 1. The summed E-state index contributed by atoms with van der Waals surface area (Å²) in [6.45, 7) is -0.386. The molecule has 0 fully saturated rings. The highest BCUT2D eigenvalue weighted by Gasteiger charge is 2.41. The molecule has 7 nitrogen and oxygen atoms in total. The average molecular weight is 513 g/mol. The molecule has 192 valence electrons. The van der Waals surface area contributed by atoms with E-state index in [1.165, 1.54) is 30.5 Å².